The monoisotopic (exact) mass is 370 g/mol. The first-order valence-electron chi connectivity index (χ1n) is 10.2. The van der Waals surface area contributed by atoms with E-state index in [1.807, 2.05) is 47.2 Å². The van der Waals surface area contributed by atoms with Crippen LogP contribution in [0.4, 0.5) is 10.5 Å². The maximum atomic E-state index is 13.0. The minimum Gasteiger partial charge on any atom is -0.342 e. The average molecular weight is 370 g/mol. The van der Waals surface area contributed by atoms with E-state index in [0.717, 1.165) is 31.4 Å². The third kappa shape index (κ3) is 4.10. The number of likely N-dealkylation sites (tertiary alicyclic amines) is 1. The van der Waals surface area contributed by atoms with Crippen LogP contribution in [0.15, 0.2) is 30.3 Å². The summed E-state index contributed by atoms with van der Waals surface area (Å²) in [5.41, 5.74) is 0.806. The molecule has 3 fully saturated rings. The predicted molar refractivity (Wildman–Crippen MR) is 105 cm³/mol. The highest BCUT2D eigenvalue weighted by Crippen LogP contribution is 2.31. The average Bonchev–Trinajstić information content (AvgIpc) is 3.05. The summed E-state index contributed by atoms with van der Waals surface area (Å²) in [5.74, 6) is 0.313. The quantitative estimate of drug-likeness (QED) is 0.860. The van der Waals surface area contributed by atoms with Crippen LogP contribution in [0.2, 0.25) is 0 Å². The molecule has 0 saturated carbocycles. The Bertz CT molecular complexity index is 660. The molecule has 2 atom stereocenters. The highest BCUT2D eigenvalue weighted by atomic mass is 16.2. The zero-order valence-electron chi connectivity index (χ0n) is 16.1. The number of amides is 3. The number of anilines is 1. The summed E-state index contributed by atoms with van der Waals surface area (Å²) in [7, 11) is 1.98. The van der Waals surface area contributed by atoms with E-state index in [4.69, 9.17) is 0 Å². The van der Waals surface area contributed by atoms with E-state index in [9.17, 15) is 9.59 Å². The molecule has 3 heterocycles. The fraction of sp³-hybridized carbons (Fsp3) is 0.619. The molecule has 2 bridgehead atoms. The van der Waals surface area contributed by atoms with E-state index in [0.29, 0.717) is 31.2 Å². The zero-order chi connectivity index (χ0) is 18.8. The Morgan fingerprint density at radius 1 is 1.04 bits per heavy atom. The minimum absolute atomic E-state index is 0.0447. The van der Waals surface area contributed by atoms with Crippen molar-refractivity contribution in [3.05, 3.63) is 30.3 Å². The van der Waals surface area contributed by atoms with Crippen molar-refractivity contribution in [3.63, 3.8) is 0 Å². The van der Waals surface area contributed by atoms with Gasteiger partial charge in [-0.1, -0.05) is 18.2 Å². The van der Waals surface area contributed by atoms with Crippen molar-refractivity contribution in [3.8, 4) is 0 Å². The molecule has 2 unspecified atom stereocenters. The number of piperidine rings is 2. The topological polar surface area (TPSA) is 64.7 Å². The summed E-state index contributed by atoms with van der Waals surface area (Å²) in [6, 6.07) is 11.0. The third-order valence-electron chi connectivity index (χ3n) is 6.50. The van der Waals surface area contributed by atoms with Gasteiger partial charge >= 0.3 is 6.03 Å². The molecular weight excluding hydrogens is 340 g/mol. The lowest BCUT2D eigenvalue weighted by atomic mass is 9.92. The Morgan fingerprint density at radius 2 is 1.67 bits per heavy atom. The van der Waals surface area contributed by atoms with Crippen LogP contribution in [-0.2, 0) is 4.79 Å². The van der Waals surface area contributed by atoms with Gasteiger partial charge in [-0.2, -0.15) is 0 Å². The SMILES string of the molecule is CN(C(=O)C1CCN(C(=O)Nc2ccccc2)CC1)C1CC2CCC(C1)N2. The molecule has 0 aliphatic carbocycles. The van der Waals surface area contributed by atoms with Gasteiger partial charge in [-0.3, -0.25) is 4.79 Å². The number of nitrogens with zero attached hydrogens (tertiary/aromatic N) is 2. The van der Waals surface area contributed by atoms with Crippen molar-refractivity contribution in [1.29, 1.82) is 0 Å². The largest absolute Gasteiger partial charge is 0.342 e. The number of nitrogens with one attached hydrogen (secondary N) is 2. The van der Waals surface area contributed by atoms with Crippen LogP contribution in [0.25, 0.3) is 0 Å². The van der Waals surface area contributed by atoms with Crippen molar-refractivity contribution in [1.82, 2.24) is 15.1 Å². The Labute approximate surface area is 161 Å². The number of urea groups is 1. The minimum atomic E-state index is -0.0737. The normalized spacial score (nSPS) is 28.0. The first-order valence-corrected chi connectivity index (χ1v) is 10.2. The third-order valence-corrected chi connectivity index (χ3v) is 6.50. The highest BCUT2D eigenvalue weighted by molar-refractivity contribution is 5.89. The standard InChI is InChI=1S/C21H30N4O2/c1-24(19-13-17-7-8-18(14-19)22-17)20(26)15-9-11-25(12-10-15)21(27)23-16-5-3-2-4-6-16/h2-6,15,17-19,22H,7-14H2,1H3,(H,23,27). The molecule has 3 aliphatic heterocycles. The number of carbonyl (C=O) groups excluding carboxylic acids is 2. The molecule has 6 heteroatoms. The second kappa shape index (κ2) is 7.89. The Morgan fingerprint density at radius 3 is 2.30 bits per heavy atom. The zero-order valence-corrected chi connectivity index (χ0v) is 16.1. The highest BCUT2D eigenvalue weighted by Gasteiger charge is 2.38. The Hall–Kier alpha value is -2.08. The van der Waals surface area contributed by atoms with E-state index < -0.39 is 0 Å². The molecule has 146 valence electrons. The van der Waals surface area contributed by atoms with Crippen LogP contribution < -0.4 is 10.6 Å². The van der Waals surface area contributed by atoms with Gasteiger partial charge in [-0.05, 0) is 50.7 Å². The first-order chi connectivity index (χ1) is 13.1. The molecule has 1 aromatic rings. The van der Waals surface area contributed by atoms with E-state index in [-0.39, 0.29) is 17.9 Å². The van der Waals surface area contributed by atoms with Crippen LogP contribution >= 0.6 is 0 Å². The summed E-state index contributed by atoms with van der Waals surface area (Å²) < 4.78 is 0. The summed E-state index contributed by atoms with van der Waals surface area (Å²) >= 11 is 0. The predicted octanol–water partition coefficient (Wildman–Crippen LogP) is 2.67. The Kier molecular flexibility index (Phi) is 5.34. The van der Waals surface area contributed by atoms with Crippen molar-refractivity contribution < 1.29 is 9.59 Å². The van der Waals surface area contributed by atoms with E-state index in [1.54, 1.807) is 0 Å². The molecule has 0 spiro atoms. The summed E-state index contributed by atoms with van der Waals surface area (Å²) in [6.45, 7) is 1.28. The molecule has 3 amide bonds. The first kappa shape index (κ1) is 18.3. The molecule has 4 rings (SSSR count). The molecule has 3 aliphatic rings. The molecule has 0 radical (unpaired) electrons. The van der Waals surface area contributed by atoms with Gasteiger partial charge < -0.3 is 20.4 Å². The Balaban J connectivity index is 1.27. The van der Waals surface area contributed by atoms with E-state index in [2.05, 4.69) is 10.6 Å². The number of fused-ring (bicyclic) bond motifs is 2. The van der Waals surface area contributed by atoms with Gasteiger partial charge in [0, 0.05) is 49.9 Å². The second-order valence-corrected chi connectivity index (χ2v) is 8.27. The molecular formula is C21H30N4O2. The van der Waals surface area contributed by atoms with Gasteiger partial charge in [-0.15, -0.1) is 0 Å². The number of carbonyl (C=O) groups is 2. The van der Waals surface area contributed by atoms with E-state index >= 15 is 0 Å². The molecule has 0 aromatic heterocycles. The maximum Gasteiger partial charge on any atom is 0.321 e. The van der Waals surface area contributed by atoms with Gasteiger partial charge in [0.25, 0.3) is 0 Å². The van der Waals surface area contributed by atoms with Gasteiger partial charge in [0.1, 0.15) is 0 Å². The lowest BCUT2D eigenvalue weighted by Gasteiger charge is -2.39. The van der Waals surface area contributed by atoms with Crippen molar-refractivity contribution >= 4 is 17.6 Å². The van der Waals surface area contributed by atoms with Crippen LogP contribution in [0.5, 0.6) is 0 Å². The molecule has 6 nitrogen and oxygen atoms in total. The van der Waals surface area contributed by atoms with Gasteiger partial charge in [0.2, 0.25) is 5.91 Å². The van der Waals surface area contributed by atoms with Crippen LogP contribution in [0.3, 0.4) is 0 Å². The van der Waals surface area contributed by atoms with E-state index in [1.165, 1.54) is 12.8 Å². The summed E-state index contributed by atoms with van der Waals surface area (Å²) in [6.07, 6.45) is 6.16. The number of para-hydroxylation sites is 1. The second-order valence-electron chi connectivity index (χ2n) is 8.27. The lowest BCUT2D eigenvalue weighted by Crippen LogP contribution is -2.51. The van der Waals surface area contributed by atoms with Crippen molar-refractivity contribution in [2.24, 2.45) is 5.92 Å². The van der Waals surface area contributed by atoms with Crippen molar-refractivity contribution in [2.75, 3.05) is 25.5 Å². The summed E-state index contributed by atoms with van der Waals surface area (Å²) in [4.78, 5) is 29.2. The van der Waals surface area contributed by atoms with Crippen LogP contribution in [0.1, 0.15) is 38.5 Å². The molecule has 2 N–H and O–H groups in total. The summed E-state index contributed by atoms with van der Waals surface area (Å²) in [5, 5.41) is 6.57. The molecule has 1 aromatic carbocycles. The number of hydrogen-bond acceptors (Lipinski definition) is 3. The van der Waals surface area contributed by atoms with Gasteiger partial charge in [0.15, 0.2) is 0 Å². The molecule has 27 heavy (non-hydrogen) atoms. The van der Waals surface area contributed by atoms with Gasteiger partial charge in [-0.25, -0.2) is 4.79 Å². The van der Waals surface area contributed by atoms with Crippen molar-refractivity contribution in [2.45, 2.75) is 56.7 Å². The van der Waals surface area contributed by atoms with Crippen LogP contribution in [0, 0.1) is 5.92 Å². The smallest absolute Gasteiger partial charge is 0.321 e. The number of hydrogen-bond donors (Lipinski definition) is 2. The molecule has 3 saturated heterocycles. The number of benzene rings is 1. The lowest BCUT2D eigenvalue weighted by molar-refractivity contribution is -0.138. The van der Waals surface area contributed by atoms with Crippen LogP contribution in [-0.4, -0.2) is 60.0 Å². The van der Waals surface area contributed by atoms with Gasteiger partial charge in [0.05, 0.1) is 0 Å². The fourth-order valence-corrected chi connectivity index (χ4v) is 4.86. The maximum absolute atomic E-state index is 13.0. The fourth-order valence-electron chi connectivity index (χ4n) is 4.86. The number of rotatable bonds is 3.